The molecule has 41 heavy (non-hydrogen) atoms. The van der Waals surface area contributed by atoms with Gasteiger partial charge in [0.1, 0.15) is 5.25 Å². The molecule has 0 heterocycles. The van der Waals surface area contributed by atoms with Crippen LogP contribution in [0.1, 0.15) is 31.5 Å². The molecular weight excluding hydrogens is 579 g/mol. The van der Waals surface area contributed by atoms with Crippen molar-refractivity contribution >= 4 is 74.9 Å². The molecule has 1 unspecified atom stereocenters. The Bertz CT molecular complexity index is 1750. The normalized spacial score (nSPS) is 11.6. The van der Waals surface area contributed by atoms with Gasteiger partial charge in [0.15, 0.2) is 0 Å². The Hall–Kier alpha value is -4.30. The maximum absolute atomic E-state index is 13.5. The molecule has 2 amide bonds. The number of rotatable bonds is 8. The summed E-state index contributed by atoms with van der Waals surface area (Å²) in [5.41, 5.74) is 2.06. The highest BCUT2D eigenvalue weighted by Crippen LogP contribution is 2.38. The number of nitrogens with one attached hydrogen (secondary N) is 2. The predicted octanol–water partition coefficient (Wildman–Crippen LogP) is 8.57. The number of thioether (sulfide) groups is 1. The Labute approximate surface area is 250 Å². The number of aromatic carboxylic acids is 1. The topological polar surface area (TPSA) is 95.5 Å². The molecule has 0 aliphatic carbocycles. The lowest BCUT2D eigenvalue weighted by Gasteiger charge is -2.18. The van der Waals surface area contributed by atoms with Crippen LogP contribution in [-0.4, -0.2) is 22.9 Å². The van der Waals surface area contributed by atoms with Crippen LogP contribution in [0, 0.1) is 0 Å². The van der Waals surface area contributed by atoms with Crippen LogP contribution < -0.4 is 10.6 Å². The van der Waals surface area contributed by atoms with Gasteiger partial charge in [0.2, 0.25) is 5.91 Å². The van der Waals surface area contributed by atoms with Gasteiger partial charge in [-0.1, -0.05) is 83.9 Å². The van der Waals surface area contributed by atoms with Gasteiger partial charge in [0.25, 0.3) is 5.91 Å². The first-order valence-electron chi connectivity index (χ1n) is 12.4. The highest BCUT2D eigenvalue weighted by atomic mass is 35.5. The van der Waals surface area contributed by atoms with Crippen LogP contribution in [0.4, 0.5) is 11.4 Å². The monoisotopic (exact) mass is 600 g/mol. The summed E-state index contributed by atoms with van der Waals surface area (Å²) in [6.07, 6.45) is 0. The summed E-state index contributed by atoms with van der Waals surface area (Å²) in [5.74, 6) is -1.83. The first-order valence-corrected chi connectivity index (χ1v) is 14.1. The average molecular weight is 602 g/mol. The van der Waals surface area contributed by atoms with E-state index in [0.717, 1.165) is 10.5 Å². The summed E-state index contributed by atoms with van der Waals surface area (Å²) in [7, 11) is 0. The quantitative estimate of drug-likeness (QED) is 0.155. The summed E-state index contributed by atoms with van der Waals surface area (Å²) < 4.78 is 0. The number of hydrogen-bond acceptors (Lipinski definition) is 4. The third kappa shape index (κ3) is 6.72. The highest BCUT2D eigenvalue weighted by molar-refractivity contribution is 8.00. The maximum Gasteiger partial charge on any atom is 0.336 e. The van der Waals surface area contributed by atoms with E-state index in [0.29, 0.717) is 32.2 Å². The van der Waals surface area contributed by atoms with Crippen molar-refractivity contribution in [3.05, 3.63) is 136 Å². The molecule has 5 aromatic carbocycles. The van der Waals surface area contributed by atoms with Crippen molar-refractivity contribution in [2.45, 2.75) is 10.1 Å². The van der Waals surface area contributed by atoms with E-state index in [-0.39, 0.29) is 17.0 Å². The molecule has 204 valence electrons. The highest BCUT2D eigenvalue weighted by Gasteiger charge is 2.23. The first kappa shape index (κ1) is 28.2. The number of fused-ring (bicyclic) bond motifs is 1. The van der Waals surface area contributed by atoms with E-state index in [1.54, 1.807) is 66.7 Å². The molecule has 1 atom stereocenters. The van der Waals surface area contributed by atoms with E-state index in [4.69, 9.17) is 23.2 Å². The minimum atomic E-state index is -1.11. The number of amides is 2. The number of carbonyl (C=O) groups excluding carboxylic acids is 2. The molecule has 5 rings (SSSR count). The van der Waals surface area contributed by atoms with Gasteiger partial charge in [-0.2, -0.15) is 0 Å². The van der Waals surface area contributed by atoms with Crippen LogP contribution in [0.3, 0.4) is 0 Å². The number of carboxylic acids is 1. The molecule has 0 aliphatic rings. The van der Waals surface area contributed by atoms with Crippen molar-refractivity contribution in [1.29, 1.82) is 0 Å². The molecule has 0 aromatic heterocycles. The SMILES string of the molecule is O=C(O)c1cccc2cccc(C(=O)Nc3cccc(SC(C(=O)Nc4cc(Cl)cc(Cl)c4)c4ccccc4)c3)c12. The molecular formula is C32H22Cl2N2O4S. The van der Waals surface area contributed by atoms with E-state index in [1.807, 2.05) is 36.4 Å². The third-order valence-electron chi connectivity index (χ3n) is 6.20. The molecule has 0 fully saturated rings. The van der Waals surface area contributed by atoms with Gasteiger partial charge in [-0.25, -0.2) is 4.79 Å². The van der Waals surface area contributed by atoms with Crippen LogP contribution in [0.15, 0.2) is 114 Å². The molecule has 0 saturated heterocycles. The molecule has 0 radical (unpaired) electrons. The van der Waals surface area contributed by atoms with Crippen LogP contribution in [0.25, 0.3) is 10.8 Å². The lowest BCUT2D eigenvalue weighted by Crippen LogP contribution is -2.19. The second-order valence-electron chi connectivity index (χ2n) is 9.05. The zero-order valence-corrected chi connectivity index (χ0v) is 23.6. The molecule has 0 aliphatic heterocycles. The maximum atomic E-state index is 13.5. The Morgan fingerprint density at radius 3 is 2.02 bits per heavy atom. The van der Waals surface area contributed by atoms with Crippen molar-refractivity contribution in [3.8, 4) is 0 Å². The Morgan fingerprint density at radius 2 is 1.34 bits per heavy atom. The number of benzene rings is 5. The summed E-state index contributed by atoms with van der Waals surface area (Å²) in [4.78, 5) is 39.4. The van der Waals surface area contributed by atoms with Crippen LogP contribution in [0.5, 0.6) is 0 Å². The molecule has 9 heteroatoms. The van der Waals surface area contributed by atoms with E-state index in [2.05, 4.69) is 10.6 Å². The molecule has 5 aromatic rings. The molecule has 3 N–H and O–H groups in total. The van der Waals surface area contributed by atoms with Crippen molar-refractivity contribution in [3.63, 3.8) is 0 Å². The lowest BCUT2D eigenvalue weighted by molar-refractivity contribution is -0.115. The van der Waals surface area contributed by atoms with Crippen LogP contribution >= 0.6 is 35.0 Å². The van der Waals surface area contributed by atoms with Gasteiger partial charge >= 0.3 is 5.97 Å². The lowest BCUT2D eigenvalue weighted by atomic mass is 9.98. The fourth-order valence-electron chi connectivity index (χ4n) is 4.42. The molecule has 0 bridgehead atoms. The van der Waals surface area contributed by atoms with Gasteiger partial charge in [-0.3, -0.25) is 9.59 Å². The zero-order chi connectivity index (χ0) is 28.9. The largest absolute Gasteiger partial charge is 0.478 e. The number of halogens is 2. The summed E-state index contributed by atoms with van der Waals surface area (Å²) in [6.45, 7) is 0. The molecule has 0 saturated carbocycles. The third-order valence-corrected chi connectivity index (χ3v) is 7.88. The second-order valence-corrected chi connectivity index (χ2v) is 11.1. The van der Waals surface area contributed by atoms with E-state index in [1.165, 1.54) is 17.8 Å². The summed E-state index contributed by atoms with van der Waals surface area (Å²) in [5, 5.41) is 16.7. The summed E-state index contributed by atoms with van der Waals surface area (Å²) in [6, 6.07) is 31.3. The van der Waals surface area contributed by atoms with Gasteiger partial charge in [0.05, 0.1) is 5.56 Å². The number of carboxylic acid groups (broad SMARTS) is 1. The molecule has 0 spiro atoms. The Kier molecular flexibility index (Phi) is 8.59. The zero-order valence-electron chi connectivity index (χ0n) is 21.3. The van der Waals surface area contributed by atoms with Crippen molar-refractivity contribution in [2.24, 2.45) is 0 Å². The van der Waals surface area contributed by atoms with Crippen molar-refractivity contribution in [1.82, 2.24) is 0 Å². The van der Waals surface area contributed by atoms with Gasteiger partial charge in [-0.05, 0) is 59.5 Å². The van der Waals surface area contributed by atoms with Gasteiger partial charge in [0, 0.05) is 37.3 Å². The van der Waals surface area contributed by atoms with Crippen LogP contribution in [-0.2, 0) is 4.79 Å². The van der Waals surface area contributed by atoms with Crippen molar-refractivity contribution < 1.29 is 19.5 Å². The second kappa shape index (κ2) is 12.5. The fraction of sp³-hybridized carbons (Fsp3) is 0.0312. The van der Waals surface area contributed by atoms with E-state index >= 15 is 0 Å². The van der Waals surface area contributed by atoms with Crippen LogP contribution in [0.2, 0.25) is 10.0 Å². The Balaban J connectivity index is 1.41. The summed E-state index contributed by atoms with van der Waals surface area (Å²) >= 11 is 13.5. The number of hydrogen-bond donors (Lipinski definition) is 3. The molecule has 6 nitrogen and oxygen atoms in total. The van der Waals surface area contributed by atoms with Crippen molar-refractivity contribution in [2.75, 3.05) is 10.6 Å². The predicted molar refractivity (Wildman–Crippen MR) is 165 cm³/mol. The standard InChI is InChI=1S/C32H22Cl2N2O4S/c33-21-15-22(34)17-24(16-21)36-31(38)29(20-7-2-1-3-8-20)41-25-12-6-11-23(18-25)35-30(37)26-13-4-9-19-10-5-14-27(28(19)26)32(39)40/h1-18,29H,(H,35,37)(H,36,38)(H,39,40). The smallest absolute Gasteiger partial charge is 0.336 e. The first-order chi connectivity index (χ1) is 19.8. The fourth-order valence-corrected chi connectivity index (χ4v) is 6.03. The minimum absolute atomic E-state index is 0.0512. The van der Waals surface area contributed by atoms with E-state index in [9.17, 15) is 19.5 Å². The number of carbonyl (C=O) groups is 3. The minimum Gasteiger partial charge on any atom is -0.478 e. The van der Waals surface area contributed by atoms with Gasteiger partial charge in [-0.15, -0.1) is 11.8 Å². The number of anilines is 2. The van der Waals surface area contributed by atoms with Gasteiger partial charge < -0.3 is 15.7 Å². The van der Waals surface area contributed by atoms with E-state index < -0.39 is 17.1 Å². The average Bonchev–Trinajstić information content (AvgIpc) is 2.95. The Morgan fingerprint density at radius 1 is 0.683 bits per heavy atom.